The molecule has 0 atom stereocenters. The van der Waals surface area contributed by atoms with Gasteiger partial charge < -0.3 is 28.4 Å². The topological polar surface area (TPSA) is 107 Å². The van der Waals surface area contributed by atoms with E-state index in [2.05, 4.69) is 37.9 Å². The van der Waals surface area contributed by atoms with Gasteiger partial charge in [0.1, 0.15) is 19.8 Å². The summed E-state index contributed by atoms with van der Waals surface area (Å²) in [6.07, 6.45) is 1.11. The van der Waals surface area contributed by atoms with Crippen LogP contribution in [0.1, 0.15) is 40.0 Å². The van der Waals surface area contributed by atoms with Crippen LogP contribution in [-0.4, -0.2) is 119 Å². The van der Waals surface area contributed by atoms with E-state index in [4.69, 9.17) is 28.4 Å². The molecule has 0 unspecified atom stereocenters. The molecular formula is C21H42O9S3Sb. The maximum Gasteiger partial charge on any atom is 0.306 e. The van der Waals surface area contributed by atoms with E-state index in [0.717, 1.165) is 0 Å². The smallest absolute Gasteiger partial charge is 0.306 e. The van der Waals surface area contributed by atoms with Crippen molar-refractivity contribution in [3.05, 3.63) is 0 Å². The Hall–Kier alpha value is 0.158. The molecule has 0 spiro atoms. The number of thiol groups is 3. The maximum atomic E-state index is 10.7. The van der Waals surface area contributed by atoms with Crippen molar-refractivity contribution in [2.24, 2.45) is 0 Å². The van der Waals surface area contributed by atoms with Crippen LogP contribution in [0, 0.1) is 0 Å². The Morgan fingerprint density at radius 2 is 0.735 bits per heavy atom. The summed E-state index contributed by atoms with van der Waals surface area (Å²) >= 11 is 11.7. The van der Waals surface area contributed by atoms with Crippen molar-refractivity contribution in [1.29, 1.82) is 0 Å². The Morgan fingerprint density at radius 3 is 0.912 bits per heavy atom. The Bertz CT molecular complexity index is 386. The Morgan fingerprint density at radius 1 is 0.500 bits per heavy atom. The molecule has 0 aliphatic rings. The van der Waals surface area contributed by atoms with Gasteiger partial charge in [-0.05, 0) is 20.8 Å². The zero-order chi connectivity index (χ0) is 25.6. The van der Waals surface area contributed by atoms with Gasteiger partial charge >= 0.3 is 17.9 Å². The van der Waals surface area contributed by atoms with E-state index < -0.39 is 0 Å². The number of carbonyl (C=O) groups excluding carboxylic acids is 3. The fourth-order valence-corrected chi connectivity index (χ4v) is 2.11. The van der Waals surface area contributed by atoms with Gasteiger partial charge in [-0.2, -0.15) is 37.9 Å². The third-order valence-corrected chi connectivity index (χ3v) is 3.70. The Kier molecular flexibility index (Phi) is 45.8. The molecule has 0 saturated carbocycles. The van der Waals surface area contributed by atoms with Crippen LogP contribution >= 0.6 is 37.9 Å². The molecule has 0 aliphatic heterocycles. The van der Waals surface area contributed by atoms with Crippen molar-refractivity contribution in [2.45, 2.75) is 40.0 Å². The molecule has 0 rings (SSSR count). The second kappa shape index (κ2) is 37.7. The first kappa shape index (κ1) is 41.3. The third kappa shape index (κ3) is 42.3. The first-order valence-corrected chi connectivity index (χ1v) is 12.9. The summed E-state index contributed by atoms with van der Waals surface area (Å²) in [6, 6.07) is 0. The first-order chi connectivity index (χ1) is 15.9. The minimum Gasteiger partial charge on any atom is -0.463 e. The van der Waals surface area contributed by atoms with Gasteiger partial charge in [0.25, 0.3) is 0 Å². The number of ether oxygens (including phenoxy) is 6. The number of hydrogen-bond donors (Lipinski definition) is 3. The molecule has 0 bridgehead atoms. The van der Waals surface area contributed by atoms with E-state index in [1.54, 1.807) is 0 Å². The summed E-state index contributed by atoms with van der Waals surface area (Å²) in [5, 5.41) is 0. The van der Waals surface area contributed by atoms with Crippen LogP contribution in [0.3, 0.4) is 0 Å². The van der Waals surface area contributed by atoms with Crippen LogP contribution in [0.5, 0.6) is 0 Å². The molecule has 0 heterocycles. The van der Waals surface area contributed by atoms with Gasteiger partial charge in [-0.25, -0.2) is 0 Å². The largest absolute Gasteiger partial charge is 0.463 e. The molecule has 0 saturated heterocycles. The zero-order valence-corrected chi connectivity index (χ0v) is 25.8. The monoisotopic (exact) mass is 655 g/mol. The van der Waals surface area contributed by atoms with Crippen molar-refractivity contribution in [3.63, 3.8) is 0 Å². The summed E-state index contributed by atoms with van der Waals surface area (Å²) < 4.78 is 29.2. The summed E-state index contributed by atoms with van der Waals surface area (Å²) in [7, 11) is 0. The second-order valence-electron chi connectivity index (χ2n) is 5.67. The summed E-state index contributed by atoms with van der Waals surface area (Å²) in [6.45, 7) is 10.2. The molecule has 0 aliphatic carbocycles. The molecule has 0 N–H and O–H groups in total. The quantitative estimate of drug-likeness (QED) is 0.0674. The van der Waals surface area contributed by atoms with E-state index >= 15 is 0 Å². The molecule has 0 aromatic rings. The standard InChI is InChI=1S/3C7H14O3S.Sb/c3*1-2-9-4-5-10-7(8)3-6-11;/h3*11H,2-6H2,1H3;. The normalized spacial score (nSPS) is 9.35. The fraction of sp³-hybridized carbons (Fsp3) is 0.857. The molecule has 9 nitrogen and oxygen atoms in total. The summed E-state index contributed by atoms with van der Waals surface area (Å²) in [5.74, 6) is 0.980. The predicted octanol–water partition coefficient (Wildman–Crippen LogP) is 2.28. The van der Waals surface area contributed by atoms with Crippen molar-refractivity contribution < 1.29 is 42.8 Å². The van der Waals surface area contributed by atoms with Gasteiger partial charge in [0.15, 0.2) is 0 Å². The van der Waals surface area contributed by atoms with Crippen molar-refractivity contribution in [1.82, 2.24) is 0 Å². The molecule has 0 fully saturated rings. The van der Waals surface area contributed by atoms with E-state index in [1.807, 2.05) is 20.8 Å². The SMILES string of the molecule is CCOCCOC(=O)CCS.CCOCCOC(=O)CCS.CCOCCOC(=O)CCS.[Sb]. The number of esters is 3. The van der Waals surface area contributed by atoms with Crippen molar-refractivity contribution >= 4 is 80.2 Å². The average molecular weight is 657 g/mol. The predicted molar refractivity (Wildman–Crippen MR) is 144 cm³/mol. The maximum absolute atomic E-state index is 10.7. The number of hydrogen-bond acceptors (Lipinski definition) is 12. The van der Waals surface area contributed by atoms with Gasteiger partial charge in [0, 0.05) is 61.5 Å². The number of carbonyl (C=O) groups is 3. The molecule has 0 aromatic carbocycles. The Balaban J connectivity index is -0.000000196. The van der Waals surface area contributed by atoms with E-state index in [9.17, 15) is 14.4 Å². The van der Waals surface area contributed by atoms with Gasteiger partial charge in [-0.15, -0.1) is 0 Å². The second-order valence-corrected chi connectivity index (χ2v) is 7.01. The van der Waals surface area contributed by atoms with E-state index in [-0.39, 0.29) is 42.3 Å². The zero-order valence-electron chi connectivity index (χ0n) is 20.6. The van der Waals surface area contributed by atoms with Gasteiger partial charge in [-0.1, -0.05) is 0 Å². The van der Waals surface area contributed by atoms with Crippen LogP contribution < -0.4 is 0 Å². The van der Waals surface area contributed by atoms with Gasteiger partial charge in [-0.3, -0.25) is 14.4 Å². The molecule has 13 heteroatoms. The number of rotatable bonds is 18. The molecule has 203 valence electrons. The molecule has 3 radical (unpaired) electrons. The Labute approximate surface area is 238 Å². The summed E-state index contributed by atoms with van der Waals surface area (Å²) in [4.78, 5) is 32.0. The van der Waals surface area contributed by atoms with Crippen LogP contribution in [-0.2, 0) is 42.8 Å². The molecule has 34 heavy (non-hydrogen) atoms. The van der Waals surface area contributed by atoms with Crippen LogP contribution in [0.25, 0.3) is 0 Å². The summed E-state index contributed by atoms with van der Waals surface area (Å²) in [5.41, 5.74) is 0. The molecule has 0 aromatic heterocycles. The molecular weight excluding hydrogens is 614 g/mol. The molecule has 0 amide bonds. The van der Waals surface area contributed by atoms with Crippen molar-refractivity contribution in [3.8, 4) is 0 Å². The minimum atomic E-state index is -0.209. The minimum absolute atomic E-state index is 0. The van der Waals surface area contributed by atoms with Crippen LogP contribution in [0.4, 0.5) is 0 Å². The van der Waals surface area contributed by atoms with E-state index in [0.29, 0.717) is 96.0 Å². The van der Waals surface area contributed by atoms with E-state index in [1.165, 1.54) is 0 Å². The van der Waals surface area contributed by atoms with Crippen LogP contribution in [0.15, 0.2) is 0 Å². The average Bonchev–Trinajstić information content (AvgIpc) is 2.79. The van der Waals surface area contributed by atoms with Crippen molar-refractivity contribution in [2.75, 3.05) is 76.7 Å². The fourth-order valence-electron chi connectivity index (χ4n) is 1.57. The van der Waals surface area contributed by atoms with Gasteiger partial charge in [0.05, 0.1) is 39.1 Å². The van der Waals surface area contributed by atoms with Gasteiger partial charge in [0.2, 0.25) is 0 Å². The first-order valence-electron chi connectivity index (χ1n) is 11.0. The van der Waals surface area contributed by atoms with Crippen LogP contribution in [0.2, 0.25) is 0 Å². The third-order valence-electron chi connectivity index (χ3n) is 3.03.